The zero-order valence-electron chi connectivity index (χ0n) is 16.2. The summed E-state index contributed by atoms with van der Waals surface area (Å²) in [5.41, 5.74) is 2.22. The zero-order chi connectivity index (χ0) is 19.7. The molecule has 28 heavy (non-hydrogen) atoms. The molecule has 8 heteroatoms. The highest BCUT2D eigenvalue weighted by molar-refractivity contribution is 6.04. The van der Waals surface area contributed by atoms with E-state index in [1.165, 1.54) is 4.68 Å². The molecule has 3 heterocycles. The quantitative estimate of drug-likeness (QED) is 0.672. The molecule has 1 aliphatic rings. The van der Waals surface area contributed by atoms with Crippen molar-refractivity contribution in [1.82, 2.24) is 29.4 Å². The number of carbonyl (C=O) groups is 1. The first-order chi connectivity index (χ1) is 13.5. The predicted octanol–water partition coefficient (Wildman–Crippen LogP) is 0.896. The van der Waals surface area contributed by atoms with Crippen molar-refractivity contribution in [3.05, 3.63) is 58.1 Å². The molecule has 0 saturated carbocycles. The summed E-state index contributed by atoms with van der Waals surface area (Å²) in [5.74, 6) is -0.0204. The standard InChI is InChI=1S/C20H24N6O2/c1-15-7-8-18(27)26(21-15)14-11-24-9-12-25(13-10-24)20(28)19-16-5-3-4-6-17(16)23(2)22-19/h3-8H,9-14H2,1-2H3. The Morgan fingerprint density at radius 2 is 1.75 bits per heavy atom. The van der Waals surface area contributed by atoms with Crippen LogP contribution in [0.4, 0.5) is 0 Å². The highest BCUT2D eigenvalue weighted by atomic mass is 16.2. The van der Waals surface area contributed by atoms with Crippen molar-refractivity contribution in [2.75, 3.05) is 32.7 Å². The van der Waals surface area contributed by atoms with Gasteiger partial charge in [0.15, 0.2) is 5.69 Å². The van der Waals surface area contributed by atoms with Gasteiger partial charge < -0.3 is 4.90 Å². The third-order valence-corrected chi connectivity index (χ3v) is 5.25. The molecular formula is C20H24N6O2. The minimum atomic E-state index is -0.0820. The average Bonchev–Trinajstić information content (AvgIpc) is 3.05. The van der Waals surface area contributed by atoms with Crippen LogP contribution in [0.1, 0.15) is 16.2 Å². The maximum absolute atomic E-state index is 13.0. The lowest BCUT2D eigenvalue weighted by molar-refractivity contribution is 0.0626. The normalized spacial score (nSPS) is 15.3. The molecule has 0 bridgehead atoms. The van der Waals surface area contributed by atoms with Gasteiger partial charge in [-0.25, -0.2) is 4.68 Å². The van der Waals surface area contributed by atoms with Gasteiger partial charge in [0, 0.05) is 51.2 Å². The van der Waals surface area contributed by atoms with Gasteiger partial charge in [-0.15, -0.1) is 0 Å². The SMILES string of the molecule is Cc1ccc(=O)n(CCN2CCN(C(=O)c3nn(C)c4ccccc34)CC2)n1. The largest absolute Gasteiger partial charge is 0.335 e. The first-order valence-corrected chi connectivity index (χ1v) is 9.51. The van der Waals surface area contributed by atoms with Gasteiger partial charge in [-0.2, -0.15) is 10.2 Å². The number of para-hydroxylation sites is 1. The fourth-order valence-electron chi connectivity index (χ4n) is 3.64. The third kappa shape index (κ3) is 3.55. The van der Waals surface area contributed by atoms with Gasteiger partial charge in [-0.3, -0.25) is 19.2 Å². The molecular weight excluding hydrogens is 356 g/mol. The molecule has 146 valence electrons. The van der Waals surface area contributed by atoms with Crippen LogP contribution >= 0.6 is 0 Å². The van der Waals surface area contributed by atoms with Gasteiger partial charge in [0.25, 0.3) is 11.5 Å². The van der Waals surface area contributed by atoms with E-state index in [0.29, 0.717) is 25.3 Å². The topological polar surface area (TPSA) is 76.3 Å². The minimum Gasteiger partial charge on any atom is -0.335 e. The van der Waals surface area contributed by atoms with E-state index in [-0.39, 0.29) is 11.5 Å². The van der Waals surface area contributed by atoms with Crippen LogP contribution < -0.4 is 5.56 Å². The molecule has 3 aromatic rings. The van der Waals surface area contributed by atoms with Crippen molar-refractivity contribution in [2.24, 2.45) is 7.05 Å². The number of hydrogen-bond acceptors (Lipinski definition) is 5. The van der Waals surface area contributed by atoms with Crippen LogP contribution in [0.3, 0.4) is 0 Å². The fraction of sp³-hybridized carbons (Fsp3) is 0.400. The Morgan fingerprint density at radius 3 is 2.54 bits per heavy atom. The van der Waals surface area contributed by atoms with E-state index in [2.05, 4.69) is 15.1 Å². The summed E-state index contributed by atoms with van der Waals surface area (Å²) in [6, 6.07) is 11.1. The van der Waals surface area contributed by atoms with Crippen LogP contribution in [0, 0.1) is 6.92 Å². The van der Waals surface area contributed by atoms with Crippen molar-refractivity contribution in [2.45, 2.75) is 13.5 Å². The molecule has 1 saturated heterocycles. The van der Waals surface area contributed by atoms with Crippen molar-refractivity contribution >= 4 is 16.8 Å². The third-order valence-electron chi connectivity index (χ3n) is 5.25. The summed E-state index contributed by atoms with van der Waals surface area (Å²) in [5, 5.41) is 9.61. The van der Waals surface area contributed by atoms with E-state index in [9.17, 15) is 9.59 Å². The summed E-state index contributed by atoms with van der Waals surface area (Å²) in [6.45, 7) is 6.03. The molecule has 4 rings (SSSR count). The number of nitrogens with zero attached hydrogens (tertiary/aromatic N) is 6. The van der Waals surface area contributed by atoms with Gasteiger partial charge in [0.05, 0.1) is 17.8 Å². The number of aromatic nitrogens is 4. The Balaban J connectivity index is 1.38. The van der Waals surface area contributed by atoms with E-state index in [4.69, 9.17) is 0 Å². The Labute approximate surface area is 163 Å². The van der Waals surface area contributed by atoms with Crippen LogP contribution in [-0.4, -0.2) is 68.0 Å². The molecule has 2 aromatic heterocycles. The second-order valence-electron chi connectivity index (χ2n) is 7.16. The first-order valence-electron chi connectivity index (χ1n) is 9.51. The Bertz CT molecular complexity index is 1060. The summed E-state index contributed by atoms with van der Waals surface area (Å²) in [6.07, 6.45) is 0. The van der Waals surface area contributed by atoms with Crippen LogP contribution in [0.5, 0.6) is 0 Å². The van der Waals surface area contributed by atoms with Crippen molar-refractivity contribution < 1.29 is 4.79 Å². The molecule has 0 aliphatic carbocycles. The summed E-state index contributed by atoms with van der Waals surface area (Å²) < 4.78 is 3.26. The molecule has 0 unspecified atom stereocenters. The second-order valence-corrected chi connectivity index (χ2v) is 7.16. The molecule has 0 radical (unpaired) electrons. The highest BCUT2D eigenvalue weighted by Crippen LogP contribution is 2.19. The van der Waals surface area contributed by atoms with Crippen LogP contribution in [0.2, 0.25) is 0 Å². The summed E-state index contributed by atoms with van der Waals surface area (Å²) >= 11 is 0. The fourth-order valence-corrected chi connectivity index (χ4v) is 3.64. The first kappa shape index (κ1) is 18.4. The van der Waals surface area contributed by atoms with Crippen LogP contribution in [0.15, 0.2) is 41.2 Å². The molecule has 0 atom stereocenters. The number of aryl methyl sites for hydroxylation is 2. The number of fused-ring (bicyclic) bond motifs is 1. The lowest BCUT2D eigenvalue weighted by Gasteiger charge is -2.34. The van der Waals surface area contributed by atoms with Gasteiger partial charge in [-0.1, -0.05) is 18.2 Å². The molecule has 1 fully saturated rings. The zero-order valence-corrected chi connectivity index (χ0v) is 16.2. The molecule has 1 amide bonds. The van der Waals surface area contributed by atoms with Crippen molar-refractivity contribution in [3.63, 3.8) is 0 Å². The Hall–Kier alpha value is -3.00. The Morgan fingerprint density at radius 1 is 1.00 bits per heavy atom. The Kier molecular flexibility index (Phi) is 4.95. The number of benzene rings is 1. The van der Waals surface area contributed by atoms with E-state index in [1.807, 2.05) is 43.1 Å². The summed E-state index contributed by atoms with van der Waals surface area (Å²) in [4.78, 5) is 29.0. The van der Waals surface area contributed by atoms with Gasteiger partial charge in [0.1, 0.15) is 0 Å². The monoisotopic (exact) mass is 380 g/mol. The number of amides is 1. The maximum atomic E-state index is 13.0. The lowest BCUT2D eigenvalue weighted by Crippen LogP contribution is -2.49. The van der Waals surface area contributed by atoms with E-state index in [1.54, 1.807) is 16.8 Å². The second kappa shape index (κ2) is 7.55. The van der Waals surface area contributed by atoms with Crippen LogP contribution in [-0.2, 0) is 13.6 Å². The number of hydrogen-bond donors (Lipinski definition) is 0. The van der Waals surface area contributed by atoms with Gasteiger partial charge >= 0.3 is 0 Å². The van der Waals surface area contributed by atoms with E-state index >= 15 is 0 Å². The smallest absolute Gasteiger partial charge is 0.275 e. The lowest BCUT2D eigenvalue weighted by atomic mass is 10.2. The number of carbonyl (C=O) groups excluding carboxylic acids is 1. The highest BCUT2D eigenvalue weighted by Gasteiger charge is 2.25. The van der Waals surface area contributed by atoms with Gasteiger partial charge in [0.2, 0.25) is 0 Å². The van der Waals surface area contributed by atoms with Crippen molar-refractivity contribution in [3.8, 4) is 0 Å². The van der Waals surface area contributed by atoms with Crippen molar-refractivity contribution in [1.29, 1.82) is 0 Å². The molecule has 8 nitrogen and oxygen atoms in total. The number of rotatable bonds is 4. The van der Waals surface area contributed by atoms with E-state index in [0.717, 1.165) is 36.2 Å². The minimum absolute atomic E-state index is 0.0204. The number of piperazine rings is 1. The van der Waals surface area contributed by atoms with Crippen LogP contribution in [0.25, 0.3) is 10.9 Å². The molecule has 0 N–H and O–H groups in total. The maximum Gasteiger partial charge on any atom is 0.275 e. The van der Waals surface area contributed by atoms with Gasteiger partial charge in [-0.05, 0) is 19.1 Å². The average molecular weight is 380 g/mol. The molecule has 0 spiro atoms. The molecule has 1 aliphatic heterocycles. The predicted molar refractivity (Wildman–Crippen MR) is 106 cm³/mol. The molecule has 1 aromatic carbocycles. The van der Waals surface area contributed by atoms with E-state index < -0.39 is 0 Å². The summed E-state index contributed by atoms with van der Waals surface area (Å²) in [7, 11) is 1.86.